The Bertz CT molecular complexity index is 334. The summed E-state index contributed by atoms with van der Waals surface area (Å²) in [6.45, 7) is 0.456. The molecule has 0 bridgehead atoms. The summed E-state index contributed by atoms with van der Waals surface area (Å²) in [5, 5.41) is 0. The second-order valence-electron chi connectivity index (χ2n) is 3.04. The van der Waals surface area contributed by atoms with Crippen LogP contribution in [0, 0.1) is 6.92 Å². The van der Waals surface area contributed by atoms with E-state index in [9.17, 15) is 13.2 Å². The van der Waals surface area contributed by atoms with Crippen molar-refractivity contribution >= 4 is 0 Å². The van der Waals surface area contributed by atoms with Gasteiger partial charge in [0.15, 0.2) is 6.61 Å². The number of ether oxygens (including phenoxy) is 2. The van der Waals surface area contributed by atoms with Crippen LogP contribution in [0.5, 0.6) is 11.5 Å². The summed E-state index contributed by atoms with van der Waals surface area (Å²) in [5.41, 5.74) is 0.733. The normalized spacial score (nSPS) is 11.3. The van der Waals surface area contributed by atoms with Crippen LogP contribution in [0.3, 0.4) is 0 Å². The first-order valence-corrected chi connectivity index (χ1v) is 4.26. The van der Waals surface area contributed by atoms with Gasteiger partial charge in [0.05, 0.1) is 7.11 Å². The highest BCUT2D eigenvalue weighted by Crippen LogP contribution is 2.24. The largest absolute Gasteiger partial charge is 0.496 e. The summed E-state index contributed by atoms with van der Waals surface area (Å²) in [5.74, 6) is 0.806. The Hall–Kier alpha value is -1.39. The fraction of sp³-hybridized carbons (Fsp3) is 0.400. The van der Waals surface area contributed by atoms with Crippen LogP contribution in [0.1, 0.15) is 5.56 Å². The lowest BCUT2D eigenvalue weighted by atomic mass is 10.2. The Morgan fingerprint density at radius 3 is 2.40 bits per heavy atom. The topological polar surface area (TPSA) is 18.5 Å². The van der Waals surface area contributed by atoms with E-state index in [0.717, 1.165) is 5.56 Å². The molecule has 0 atom stereocenters. The minimum absolute atomic E-state index is 0.186. The van der Waals surface area contributed by atoms with E-state index in [0.29, 0.717) is 5.75 Å². The zero-order valence-electron chi connectivity index (χ0n) is 8.39. The predicted molar refractivity (Wildman–Crippen MR) is 49.3 cm³/mol. The van der Waals surface area contributed by atoms with Gasteiger partial charge in [-0.05, 0) is 30.7 Å². The molecule has 0 aromatic heterocycles. The van der Waals surface area contributed by atoms with Crippen molar-refractivity contribution in [3.05, 3.63) is 23.8 Å². The Labute approximate surface area is 85.6 Å². The van der Waals surface area contributed by atoms with Gasteiger partial charge in [-0.1, -0.05) is 0 Å². The standard InChI is InChI=1S/C10H11F3O2/c1-7-5-8(3-4-9(7)14-2)15-6-10(11,12)13/h3-5H,6H2,1-2H3. The van der Waals surface area contributed by atoms with E-state index in [1.807, 2.05) is 0 Å². The van der Waals surface area contributed by atoms with Gasteiger partial charge in [0.25, 0.3) is 0 Å². The Morgan fingerprint density at radius 1 is 1.27 bits per heavy atom. The third-order valence-corrected chi connectivity index (χ3v) is 1.77. The molecule has 0 aliphatic heterocycles. The second kappa shape index (κ2) is 4.42. The molecule has 0 saturated carbocycles. The molecule has 0 amide bonds. The lowest BCUT2D eigenvalue weighted by Gasteiger charge is -2.11. The molecule has 1 aromatic carbocycles. The molecule has 0 saturated heterocycles. The lowest BCUT2D eigenvalue weighted by molar-refractivity contribution is -0.153. The number of hydrogen-bond donors (Lipinski definition) is 0. The van der Waals surface area contributed by atoms with Crippen LogP contribution < -0.4 is 9.47 Å². The van der Waals surface area contributed by atoms with Crippen LogP contribution in [0.2, 0.25) is 0 Å². The van der Waals surface area contributed by atoms with E-state index in [4.69, 9.17) is 4.74 Å². The summed E-state index contributed by atoms with van der Waals surface area (Å²) in [4.78, 5) is 0. The second-order valence-corrected chi connectivity index (χ2v) is 3.04. The number of halogens is 3. The fourth-order valence-electron chi connectivity index (χ4n) is 1.11. The highest BCUT2D eigenvalue weighted by atomic mass is 19.4. The van der Waals surface area contributed by atoms with E-state index >= 15 is 0 Å². The minimum atomic E-state index is -4.31. The Morgan fingerprint density at radius 2 is 1.93 bits per heavy atom. The van der Waals surface area contributed by atoms with Crippen molar-refractivity contribution in [1.82, 2.24) is 0 Å². The summed E-state index contributed by atoms with van der Waals surface area (Å²) in [7, 11) is 1.50. The van der Waals surface area contributed by atoms with E-state index < -0.39 is 12.8 Å². The average molecular weight is 220 g/mol. The highest BCUT2D eigenvalue weighted by Gasteiger charge is 2.28. The Balaban J connectivity index is 2.68. The minimum Gasteiger partial charge on any atom is -0.496 e. The Kier molecular flexibility index (Phi) is 3.44. The summed E-state index contributed by atoms with van der Waals surface area (Å²) in [6.07, 6.45) is -4.31. The van der Waals surface area contributed by atoms with Gasteiger partial charge in [-0.3, -0.25) is 0 Å². The zero-order chi connectivity index (χ0) is 11.5. The number of methoxy groups -OCH3 is 1. The van der Waals surface area contributed by atoms with Gasteiger partial charge >= 0.3 is 6.18 Å². The lowest BCUT2D eigenvalue weighted by Crippen LogP contribution is -2.19. The van der Waals surface area contributed by atoms with Gasteiger partial charge in [0.1, 0.15) is 11.5 Å². The maximum absolute atomic E-state index is 11.8. The molecule has 0 fully saturated rings. The monoisotopic (exact) mass is 220 g/mol. The predicted octanol–water partition coefficient (Wildman–Crippen LogP) is 2.94. The zero-order valence-corrected chi connectivity index (χ0v) is 8.39. The molecule has 0 unspecified atom stereocenters. The summed E-state index contributed by atoms with van der Waals surface area (Å²) >= 11 is 0. The molecule has 1 aromatic rings. The van der Waals surface area contributed by atoms with Gasteiger partial charge in [-0.2, -0.15) is 13.2 Å². The van der Waals surface area contributed by atoms with E-state index in [2.05, 4.69) is 4.74 Å². The van der Waals surface area contributed by atoms with Gasteiger partial charge in [-0.15, -0.1) is 0 Å². The van der Waals surface area contributed by atoms with Crippen LogP contribution in [0.15, 0.2) is 18.2 Å². The first-order valence-electron chi connectivity index (χ1n) is 4.26. The van der Waals surface area contributed by atoms with Crippen molar-refractivity contribution in [1.29, 1.82) is 0 Å². The van der Waals surface area contributed by atoms with Crippen molar-refractivity contribution in [2.75, 3.05) is 13.7 Å². The first-order chi connectivity index (χ1) is 6.92. The summed E-state index contributed by atoms with van der Waals surface area (Å²) < 4.78 is 45.1. The van der Waals surface area contributed by atoms with Crippen LogP contribution >= 0.6 is 0 Å². The number of rotatable bonds is 3. The molecular weight excluding hydrogens is 209 g/mol. The van der Waals surface area contributed by atoms with Crippen molar-refractivity contribution in [2.45, 2.75) is 13.1 Å². The molecule has 5 heteroatoms. The third-order valence-electron chi connectivity index (χ3n) is 1.77. The quantitative estimate of drug-likeness (QED) is 0.779. The van der Waals surface area contributed by atoms with Gasteiger partial charge in [-0.25, -0.2) is 0 Å². The molecule has 0 aliphatic carbocycles. The van der Waals surface area contributed by atoms with Gasteiger partial charge in [0, 0.05) is 0 Å². The molecule has 0 aliphatic rings. The maximum Gasteiger partial charge on any atom is 0.422 e. The molecule has 0 spiro atoms. The van der Waals surface area contributed by atoms with Gasteiger partial charge < -0.3 is 9.47 Å². The van der Waals surface area contributed by atoms with Crippen LogP contribution in [0.25, 0.3) is 0 Å². The molecule has 1 rings (SSSR count). The first kappa shape index (κ1) is 11.7. The van der Waals surface area contributed by atoms with Crippen molar-refractivity contribution in [3.63, 3.8) is 0 Å². The van der Waals surface area contributed by atoms with Crippen LogP contribution in [-0.4, -0.2) is 19.9 Å². The SMILES string of the molecule is COc1ccc(OCC(F)(F)F)cc1C. The highest BCUT2D eigenvalue weighted by molar-refractivity contribution is 5.39. The third kappa shape index (κ3) is 3.69. The van der Waals surface area contributed by atoms with E-state index in [1.54, 1.807) is 13.0 Å². The number of aryl methyl sites for hydroxylation is 1. The average Bonchev–Trinajstić information content (AvgIpc) is 2.14. The molecule has 15 heavy (non-hydrogen) atoms. The molecule has 0 radical (unpaired) electrons. The number of alkyl halides is 3. The number of benzene rings is 1. The van der Waals surface area contributed by atoms with Crippen molar-refractivity contribution in [2.24, 2.45) is 0 Å². The van der Waals surface area contributed by atoms with Crippen molar-refractivity contribution < 1.29 is 22.6 Å². The van der Waals surface area contributed by atoms with Crippen LogP contribution in [-0.2, 0) is 0 Å². The van der Waals surface area contributed by atoms with Crippen molar-refractivity contribution in [3.8, 4) is 11.5 Å². The molecule has 0 N–H and O–H groups in total. The van der Waals surface area contributed by atoms with E-state index in [1.165, 1.54) is 19.2 Å². The molecular formula is C10H11F3O2. The van der Waals surface area contributed by atoms with E-state index in [-0.39, 0.29) is 5.75 Å². The smallest absolute Gasteiger partial charge is 0.422 e. The maximum atomic E-state index is 11.8. The molecule has 84 valence electrons. The summed E-state index contributed by atoms with van der Waals surface area (Å²) in [6, 6.07) is 4.52. The van der Waals surface area contributed by atoms with Gasteiger partial charge in [0.2, 0.25) is 0 Å². The molecule has 2 nitrogen and oxygen atoms in total. The van der Waals surface area contributed by atoms with Crippen LogP contribution in [0.4, 0.5) is 13.2 Å². The fourth-order valence-corrected chi connectivity index (χ4v) is 1.11. The molecule has 0 heterocycles. The number of hydrogen-bond acceptors (Lipinski definition) is 2.